The monoisotopic (exact) mass is 358 g/mol. The van der Waals surface area contributed by atoms with Crippen molar-refractivity contribution in [3.8, 4) is 0 Å². The maximum atomic E-state index is 13.0. The van der Waals surface area contributed by atoms with E-state index in [2.05, 4.69) is 48.4 Å². The molecule has 1 aliphatic carbocycles. The molecule has 25 heavy (non-hydrogen) atoms. The van der Waals surface area contributed by atoms with E-state index in [1.807, 2.05) is 11.9 Å². The third-order valence-corrected chi connectivity index (χ3v) is 6.68. The van der Waals surface area contributed by atoms with Gasteiger partial charge in [-0.2, -0.15) is 0 Å². The lowest BCUT2D eigenvalue weighted by Crippen LogP contribution is -2.54. The Labute approximate surface area is 155 Å². The average molecular weight is 359 g/mol. The molecule has 0 radical (unpaired) electrons. The van der Waals surface area contributed by atoms with Gasteiger partial charge >= 0.3 is 0 Å². The van der Waals surface area contributed by atoms with Gasteiger partial charge in [-0.3, -0.25) is 9.69 Å². The van der Waals surface area contributed by atoms with Crippen LogP contribution < -0.4 is 0 Å². The molecule has 1 fully saturated rings. The van der Waals surface area contributed by atoms with Gasteiger partial charge < -0.3 is 4.90 Å². The first-order valence-corrected chi connectivity index (χ1v) is 10.5. The fraction of sp³-hybridized carbons (Fsp3) is 0.571. The lowest BCUT2D eigenvalue weighted by atomic mass is 9.87. The second-order valence-electron chi connectivity index (χ2n) is 7.07. The molecule has 4 heteroatoms. The molecular weight excluding hydrogens is 328 g/mol. The molecule has 0 saturated heterocycles. The third-order valence-electron chi connectivity index (χ3n) is 5.79. The van der Waals surface area contributed by atoms with Crippen molar-refractivity contribution in [1.29, 1.82) is 0 Å². The molecule has 1 aliphatic rings. The fourth-order valence-corrected chi connectivity index (χ4v) is 5.18. The topological polar surface area (TPSA) is 23.6 Å². The van der Waals surface area contributed by atoms with Crippen LogP contribution in [0, 0.1) is 0 Å². The largest absolute Gasteiger partial charge is 0.341 e. The van der Waals surface area contributed by atoms with Gasteiger partial charge in [-0.05, 0) is 54.4 Å². The SMILES string of the molecule is CCN(CC)[C@@H]1CCCC[C@H]1N(C)C(=O)Cc1cccc2sccc12. The first-order chi connectivity index (χ1) is 12.2. The summed E-state index contributed by atoms with van der Waals surface area (Å²) in [7, 11) is 2.02. The Bertz CT molecular complexity index is 707. The predicted molar refractivity (Wildman–Crippen MR) is 107 cm³/mol. The summed E-state index contributed by atoms with van der Waals surface area (Å²) < 4.78 is 1.27. The summed E-state index contributed by atoms with van der Waals surface area (Å²) in [5.74, 6) is 0.253. The molecule has 1 amide bonds. The van der Waals surface area contributed by atoms with Crippen molar-refractivity contribution in [2.45, 2.75) is 58.0 Å². The Balaban J connectivity index is 1.75. The van der Waals surface area contributed by atoms with E-state index in [1.54, 1.807) is 11.3 Å². The van der Waals surface area contributed by atoms with Crippen molar-refractivity contribution in [2.75, 3.05) is 20.1 Å². The first-order valence-electron chi connectivity index (χ1n) is 9.60. The van der Waals surface area contributed by atoms with E-state index >= 15 is 0 Å². The molecule has 2 aromatic rings. The quantitative estimate of drug-likeness (QED) is 0.756. The van der Waals surface area contributed by atoms with Crippen LogP contribution in [0.5, 0.6) is 0 Å². The number of benzene rings is 1. The van der Waals surface area contributed by atoms with E-state index in [0.717, 1.165) is 25.1 Å². The molecular formula is C21H30N2OS. The van der Waals surface area contributed by atoms with Gasteiger partial charge in [0.1, 0.15) is 0 Å². The summed E-state index contributed by atoms with van der Waals surface area (Å²) in [5, 5.41) is 3.35. The molecule has 1 saturated carbocycles. The minimum Gasteiger partial charge on any atom is -0.341 e. The van der Waals surface area contributed by atoms with Crippen molar-refractivity contribution < 1.29 is 4.79 Å². The maximum absolute atomic E-state index is 13.0. The van der Waals surface area contributed by atoms with Crippen LogP contribution >= 0.6 is 11.3 Å². The summed E-state index contributed by atoms with van der Waals surface area (Å²) in [6, 6.07) is 9.30. The van der Waals surface area contributed by atoms with E-state index in [9.17, 15) is 4.79 Å². The maximum Gasteiger partial charge on any atom is 0.227 e. The van der Waals surface area contributed by atoms with Crippen molar-refractivity contribution >= 4 is 27.3 Å². The van der Waals surface area contributed by atoms with Crippen LogP contribution in [0.15, 0.2) is 29.6 Å². The molecule has 136 valence electrons. The Morgan fingerprint density at radius 1 is 1.12 bits per heavy atom. The van der Waals surface area contributed by atoms with Crippen LogP contribution in [0.2, 0.25) is 0 Å². The van der Waals surface area contributed by atoms with E-state index in [0.29, 0.717) is 18.5 Å². The summed E-state index contributed by atoms with van der Waals surface area (Å²) in [4.78, 5) is 17.6. The number of nitrogens with zero attached hydrogens (tertiary/aromatic N) is 2. The van der Waals surface area contributed by atoms with Gasteiger partial charge in [-0.1, -0.05) is 38.8 Å². The third kappa shape index (κ3) is 3.90. The van der Waals surface area contributed by atoms with Crippen molar-refractivity contribution in [1.82, 2.24) is 9.80 Å². The number of carbonyl (C=O) groups excluding carboxylic acids is 1. The molecule has 0 unspecified atom stereocenters. The zero-order valence-corrected chi connectivity index (χ0v) is 16.5. The number of thiophene rings is 1. The van der Waals surface area contributed by atoms with Gasteiger partial charge in [-0.25, -0.2) is 0 Å². The van der Waals surface area contributed by atoms with Crippen molar-refractivity contribution in [3.63, 3.8) is 0 Å². The number of likely N-dealkylation sites (N-methyl/N-ethyl adjacent to an activating group) is 2. The van der Waals surface area contributed by atoms with E-state index in [1.165, 1.54) is 29.3 Å². The molecule has 1 aromatic heterocycles. The number of rotatable bonds is 6. The molecule has 0 bridgehead atoms. The van der Waals surface area contributed by atoms with Crippen LogP contribution in [-0.2, 0) is 11.2 Å². The van der Waals surface area contributed by atoms with Gasteiger partial charge in [0, 0.05) is 23.8 Å². The highest BCUT2D eigenvalue weighted by Crippen LogP contribution is 2.28. The molecule has 1 aromatic carbocycles. The summed E-state index contributed by atoms with van der Waals surface area (Å²) in [6.07, 6.45) is 5.37. The summed E-state index contributed by atoms with van der Waals surface area (Å²) in [5.41, 5.74) is 1.16. The van der Waals surface area contributed by atoms with Gasteiger partial charge in [0.15, 0.2) is 0 Å². The minimum absolute atomic E-state index is 0.253. The van der Waals surface area contributed by atoms with E-state index in [4.69, 9.17) is 0 Å². The van der Waals surface area contributed by atoms with E-state index in [-0.39, 0.29) is 5.91 Å². The number of fused-ring (bicyclic) bond motifs is 1. The first kappa shape index (κ1) is 18.4. The standard InChI is InChI=1S/C21H30N2OS/c1-4-23(5-2)19-11-7-6-10-18(19)22(3)21(24)15-16-9-8-12-20-17(16)13-14-25-20/h8-9,12-14,18-19H,4-7,10-11,15H2,1-3H3/t18-,19-/m1/s1. The summed E-state index contributed by atoms with van der Waals surface area (Å²) in [6.45, 7) is 6.59. The van der Waals surface area contributed by atoms with Crippen LogP contribution in [0.1, 0.15) is 45.1 Å². The Hall–Kier alpha value is -1.39. The molecule has 1 heterocycles. The van der Waals surface area contributed by atoms with Gasteiger partial charge in [0.05, 0.1) is 6.42 Å². The van der Waals surface area contributed by atoms with Gasteiger partial charge in [0.25, 0.3) is 0 Å². The zero-order valence-electron chi connectivity index (χ0n) is 15.7. The number of hydrogen-bond acceptors (Lipinski definition) is 3. The van der Waals surface area contributed by atoms with E-state index < -0.39 is 0 Å². The Morgan fingerprint density at radius 2 is 1.84 bits per heavy atom. The van der Waals surface area contributed by atoms with Crippen LogP contribution in [-0.4, -0.2) is 47.9 Å². The zero-order chi connectivity index (χ0) is 17.8. The highest BCUT2D eigenvalue weighted by Gasteiger charge is 2.33. The average Bonchev–Trinajstić information content (AvgIpc) is 3.12. The normalized spacial score (nSPS) is 21.0. The van der Waals surface area contributed by atoms with Crippen molar-refractivity contribution in [2.24, 2.45) is 0 Å². The summed E-state index contributed by atoms with van der Waals surface area (Å²) >= 11 is 1.74. The molecule has 0 N–H and O–H groups in total. The molecule has 0 aliphatic heterocycles. The molecule has 2 atom stereocenters. The lowest BCUT2D eigenvalue weighted by molar-refractivity contribution is -0.133. The highest BCUT2D eigenvalue weighted by molar-refractivity contribution is 7.17. The molecule has 3 rings (SSSR count). The predicted octanol–water partition coefficient (Wildman–Crippen LogP) is 4.56. The Kier molecular flexibility index (Phi) is 6.13. The number of carbonyl (C=O) groups is 1. The molecule has 0 spiro atoms. The van der Waals surface area contributed by atoms with Gasteiger partial charge in [-0.15, -0.1) is 11.3 Å². The second kappa shape index (κ2) is 8.33. The van der Waals surface area contributed by atoms with Crippen molar-refractivity contribution in [3.05, 3.63) is 35.2 Å². The number of hydrogen-bond donors (Lipinski definition) is 0. The Morgan fingerprint density at radius 3 is 2.56 bits per heavy atom. The van der Waals surface area contributed by atoms with Gasteiger partial charge in [0.2, 0.25) is 5.91 Å². The highest BCUT2D eigenvalue weighted by atomic mass is 32.1. The van der Waals surface area contributed by atoms with Crippen LogP contribution in [0.25, 0.3) is 10.1 Å². The number of amides is 1. The lowest BCUT2D eigenvalue weighted by Gasteiger charge is -2.43. The minimum atomic E-state index is 0.253. The second-order valence-corrected chi connectivity index (χ2v) is 8.02. The van der Waals surface area contributed by atoms with Crippen LogP contribution in [0.3, 0.4) is 0 Å². The smallest absolute Gasteiger partial charge is 0.227 e. The molecule has 3 nitrogen and oxygen atoms in total. The fourth-order valence-electron chi connectivity index (χ4n) is 4.35. The van der Waals surface area contributed by atoms with Crippen LogP contribution in [0.4, 0.5) is 0 Å².